The summed E-state index contributed by atoms with van der Waals surface area (Å²) in [7, 11) is -3.42. The van der Waals surface area contributed by atoms with Gasteiger partial charge in [-0.3, -0.25) is 9.80 Å². The van der Waals surface area contributed by atoms with Crippen LogP contribution in [-0.4, -0.2) is 83.9 Å². The highest BCUT2D eigenvalue weighted by atomic mass is 32.2. The first kappa shape index (κ1) is 26.3. The maximum Gasteiger partial charge on any atom is 0.410 e. The molecule has 0 radical (unpaired) electrons. The van der Waals surface area contributed by atoms with Crippen LogP contribution >= 0.6 is 0 Å². The summed E-state index contributed by atoms with van der Waals surface area (Å²) in [5.74, 6) is 0.468. The summed E-state index contributed by atoms with van der Waals surface area (Å²) in [6.07, 6.45) is 4.08. The zero-order valence-electron chi connectivity index (χ0n) is 21.6. The van der Waals surface area contributed by atoms with E-state index in [1.807, 2.05) is 29.7 Å². The van der Waals surface area contributed by atoms with Crippen molar-refractivity contribution < 1.29 is 17.9 Å². The number of hydrogen-bond acceptors (Lipinski definition) is 8. The summed E-state index contributed by atoms with van der Waals surface area (Å²) in [5.41, 5.74) is 1.30. The fourth-order valence-electron chi connectivity index (χ4n) is 4.97. The molecule has 2 aliphatic rings. The smallest absolute Gasteiger partial charge is 0.410 e. The minimum Gasteiger partial charge on any atom is -0.446 e. The third kappa shape index (κ3) is 5.98. The number of amides is 1. The maximum atomic E-state index is 13.1. The van der Waals surface area contributed by atoms with E-state index in [9.17, 15) is 13.2 Å². The lowest BCUT2D eigenvalue weighted by Gasteiger charge is -2.44. The molecule has 1 aromatic heterocycles. The largest absolute Gasteiger partial charge is 0.446 e. The number of benzene rings is 1. The summed E-state index contributed by atoms with van der Waals surface area (Å²) in [6.45, 7) is 11.1. The predicted octanol–water partition coefficient (Wildman–Crippen LogP) is 3.36. The van der Waals surface area contributed by atoms with E-state index in [0.717, 1.165) is 32.5 Å². The summed E-state index contributed by atoms with van der Waals surface area (Å²) in [6, 6.07) is 10.2. The lowest BCUT2D eigenvalue weighted by atomic mass is 10.1. The van der Waals surface area contributed by atoms with Gasteiger partial charge in [-0.05, 0) is 46.1 Å². The van der Waals surface area contributed by atoms with E-state index in [2.05, 4.69) is 39.1 Å². The van der Waals surface area contributed by atoms with E-state index >= 15 is 0 Å². The monoisotopic (exact) mass is 515 g/mol. The highest BCUT2D eigenvalue weighted by Crippen LogP contribution is 2.24. The molecule has 1 amide bonds. The lowest BCUT2D eigenvalue weighted by molar-refractivity contribution is 0.00995. The Hall–Kier alpha value is -2.72. The van der Waals surface area contributed by atoms with Gasteiger partial charge in [0.2, 0.25) is 5.95 Å². The van der Waals surface area contributed by atoms with Crippen molar-refractivity contribution in [2.75, 3.05) is 31.1 Å². The Kier molecular flexibility index (Phi) is 8.14. The molecule has 36 heavy (non-hydrogen) atoms. The van der Waals surface area contributed by atoms with Crippen molar-refractivity contribution in [1.29, 1.82) is 0 Å². The Labute approximate surface area is 214 Å². The van der Waals surface area contributed by atoms with Crippen LogP contribution in [-0.2, 0) is 21.1 Å². The van der Waals surface area contributed by atoms with Gasteiger partial charge >= 0.3 is 6.09 Å². The second kappa shape index (κ2) is 11.1. The molecule has 0 bridgehead atoms. The van der Waals surface area contributed by atoms with Crippen LogP contribution < -0.4 is 4.90 Å². The van der Waals surface area contributed by atoms with Crippen molar-refractivity contribution in [3.05, 3.63) is 48.3 Å². The predicted molar refractivity (Wildman–Crippen MR) is 139 cm³/mol. The Morgan fingerprint density at radius 3 is 2.17 bits per heavy atom. The third-order valence-electron chi connectivity index (χ3n) is 7.03. The van der Waals surface area contributed by atoms with Crippen molar-refractivity contribution in [3.8, 4) is 0 Å². The number of aromatic nitrogens is 2. The average Bonchev–Trinajstić information content (AvgIpc) is 2.85. The molecule has 2 atom stereocenters. The number of carbonyl (C=O) groups excluding carboxylic acids is 1. The molecule has 9 nitrogen and oxygen atoms in total. The minimum absolute atomic E-state index is 0.0688. The van der Waals surface area contributed by atoms with Crippen LogP contribution in [0, 0.1) is 0 Å². The van der Waals surface area contributed by atoms with E-state index in [1.165, 1.54) is 18.0 Å². The van der Waals surface area contributed by atoms with Crippen molar-refractivity contribution in [3.63, 3.8) is 0 Å². The molecule has 1 aromatic carbocycles. The van der Waals surface area contributed by atoms with Gasteiger partial charge < -0.3 is 9.64 Å². The molecule has 4 rings (SSSR count). The summed E-state index contributed by atoms with van der Waals surface area (Å²) in [5, 5.41) is -0.530. The number of carbonyl (C=O) groups is 1. The lowest BCUT2D eigenvalue weighted by Crippen LogP contribution is -2.59. The summed E-state index contributed by atoms with van der Waals surface area (Å²) >= 11 is 0. The Morgan fingerprint density at radius 1 is 1.03 bits per heavy atom. The molecule has 10 heteroatoms. The molecule has 0 spiro atoms. The molecule has 3 heterocycles. The van der Waals surface area contributed by atoms with Crippen molar-refractivity contribution in [2.24, 2.45) is 0 Å². The molecular formula is C26H37N5O4S. The second-order valence-corrected chi connectivity index (χ2v) is 12.7. The molecular weight excluding hydrogens is 478 g/mol. The van der Waals surface area contributed by atoms with Gasteiger partial charge in [-0.25, -0.2) is 23.2 Å². The molecule has 196 valence electrons. The molecule has 0 N–H and O–H groups in total. The first-order chi connectivity index (χ1) is 17.1. The van der Waals surface area contributed by atoms with Crippen molar-refractivity contribution in [1.82, 2.24) is 19.8 Å². The minimum atomic E-state index is -3.42. The normalized spacial score (nSPS) is 22.1. The van der Waals surface area contributed by atoms with Gasteiger partial charge in [0.05, 0.1) is 29.7 Å². The number of likely N-dealkylation sites (tertiary alicyclic amines) is 1. The average molecular weight is 516 g/mol. The molecule has 0 saturated carbocycles. The topological polar surface area (TPSA) is 95.9 Å². The van der Waals surface area contributed by atoms with E-state index in [4.69, 9.17) is 4.74 Å². The first-order valence-corrected chi connectivity index (χ1v) is 14.3. The van der Waals surface area contributed by atoms with E-state index < -0.39 is 15.1 Å². The molecule has 2 aliphatic heterocycles. The fraction of sp³-hybridized carbons (Fsp3) is 0.577. The number of piperazine rings is 1. The number of nitrogens with zero attached hydrogens (tertiary/aromatic N) is 5. The number of sulfone groups is 1. The molecule has 2 fully saturated rings. The van der Waals surface area contributed by atoms with Gasteiger partial charge in [0.15, 0.2) is 9.84 Å². The van der Waals surface area contributed by atoms with Gasteiger partial charge in [0.1, 0.15) is 11.0 Å². The highest BCUT2D eigenvalue weighted by Gasteiger charge is 2.36. The van der Waals surface area contributed by atoms with Gasteiger partial charge in [-0.15, -0.1) is 0 Å². The zero-order valence-corrected chi connectivity index (χ0v) is 22.4. The van der Waals surface area contributed by atoms with Crippen LogP contribution in [0.15, 0.2) is 47.6 Å². The van der Waals surface area contributed by atoms with Crippen LogP contribution in [0.25, 0.3) is 0 Å². The van der Waals surface area contributed by atoms with Gasteiger partial charge in [0, 0.05) is 32.7 Å². The van der Waals surface area contributed by atoms with E-state index in [-0.39, 0.29) is 29.2 Å². The Bertz CT molecular complexity index is 1110. The molecule has 2 aromatic rings. The van der Waals surface area contributed by atoms with Crippen LogP contribution in [0.5, 0.6) is 0 Å². The first-order valence-electron chi connectivity index (χ1n) is 12.7. The van der Waals surface area contributed by atoms with Crippen LogP contribution in [0.4, 0.5) is 10.7 Å². The number of piperidine rings is 1. The Morgan fingerprint density at radius 2 is 1.61 bits per heavy atom. The quantitative estimate of drug-likeness (QED) is 0.578. The van der Waals surface area contributed by atoms with E-state index in [0.29, 0.717) is 19.0 Å². The Balaban J connectivity index is 1.30. The van der Waals surface area contributed by atoms with E-state index in [1.54, 1.807) is 13.8 Å². The van der Waals surface area contributed by atoms with Gasteiger partial charge in [-0.2, -0.15) is 0 Å². The summed E-state index contributed by atoms with van der Waals surface area (Å²) in [4.78, 5) is 28.1. The SMILES string of the molecule is CC(C)S(=O)(=O)c1cnc(N2C[C@@H](C)N(C(=O)OC3CCN(Cc4ccccc4)CC3)[C@@H](C)C2)nc1. The summed E-state index contributed by atoms with van der Waals surface area (Å²) < 4.78 is 30.6. The third-order valence-corrected chi connectivity index (χ3v) is 9.14. The van der Waals surface area contributed by atoms with Gasteiger partial charge in [-0.1, -0.05) is 30.3 Å². The molecule has 0 unspecified atom stereocenters. The number of ether oxygens (including phenoxy) is 1. The van der Waals surface area contributed by atoms with Crippen LogP contribution in [0.3, 0.4) is 0 Å². The second-order valence-electron chi connectivity index (χ2n) is 10.2. The highest BCUT2D eigenvalue weighted by molar-refractivity contribution is 7.92. The van der Waals surface area contributed by atoms with Crippen LogP contribution in [0.2, 0.25) is 0 Å². The maximum absolute atomic E-state index is 13.1. The van der Waals surface area contributed by atoms with Gasteiger partial charge in [0.25, 0.3) is 0 Å². The zero-order chi connectivity index (χ0) is 25.9. The number of hydrogen-bond donors (Lipinski definition) is 0. The van der Waals surface area contributed by atoms with Crippen molar-refractivity contribution >= 4 is 21.9 Å². The fourth-order valence-corrected chi connectivity index (χ4v) is 5.91. The van der Waals surface area contributed by atoms with Crippen LogP contribution in [0.1, 0.15) is 46.1 Å². The number of rotatable bonds is 6. The molecule has 0 aliphatic carbocycles. The molecule has 2 saturated heterocycles. The van der Waals surface area contributed by atoms with Crippen molar-refractivity contribution in [2.45, 2.75) is 75.4 Å². The number of anilines is 1. The standard InChI is InChI=1S/C26H37N5O4S/c1-19(2)36(33,34)24-14-27-25(28-15-24)30-16-20(3)31(21(4)17-30)26(32)35-23-10-12-29(13-11-23)18-22-8-6-5-7-9-22/h5-9,14-15,19-21,23H,10-13,16-18H2,1-4H3/t20-,21+.